The van der Waals surface area contributed by atoms with Crippen LogP contribution in [0.3, 0.4) is 0 Å². The molecule has 0 amide bonds. The molecule has 1 aromatic rings. The van der Waals surface area contributed by atoms with Crippen LogP contribution in [0.25, 0.3) is 0 Å². The number of hydrogen-bond donors (Lipinski definition) is 1. The van der Waals surface area contributed by atoms with E-state index in [2.05, 4.69) is 30.5 Å². The zero-order valence-corrected chi connectivity index (χ0v) is 10.6. The predicted molar refractivity (Wildman–Crippen MR) is 66.2 cm³/mol. The largest absolute Gasteiger partial charge is 0.307 e. The van der Waals surface area contributed by atoms with Gasteiger partial charge >= 0.3 is 0 Å². The summed E-state index contributed by atoms with van der Waals surface area (Å²) in [6.07, 6.45) is 9.33. The van der Waals surface area contributed by atoms with Crippen LogP contribution in [0.5, 0.6) is 0 Å². The van der Waals surface area contributed by atoms with Crippen molar-refractivity contribution in [3.8, 4) is 0 Å². The van der Waals surface area contributed by atoms with E-state index in [1.165, 1.54) is 24.8 Å². The molecule has 3 unspecified atom stereocenters. The van der Waals surface area contributed by atoms with Gasteiger partial charge in [0.05, 0.1) is 6.20 Å². The third-order valence-corrected chi connectivity index (χ3v) is 3.81. The van der Waals surface area contributed by atoms with Crippen molar-refractivity contribution in [1.29, 1.82) is 0 Å². The van der Waals surface area contributed by atoms with Gasteiger partial charge in [0.2, 0.25) is 0 Å². The standard InChI is InChI=1S/C13H23N3/c1-4-12(11-8-14-16(3)9-11)15-13-7-5-6-10(13)2/h8-10,12-13,15H,4-7H2,1-3H3. The molecule has 90 valence electrons. The second-order valence-electron chi connectivity index (χ2n) is 5.09. The maximum Gasteiger partial charge on any atom is 0.0537 e. The van der Waals surface area contributed by atoms with Crippen molar-refractivity contribution in [1.82, 2.24) is 15.1 Å². The molecule has 0 radical (unpaired) electrons. The summed E-state index contributed by atoms with van der Waals surface area (Å²) < 4.78 is 1.89. The van der Waals surface area contributed by atoms with E-state index in [0.29, 0.717) is 12.1 Å². The highest BCUT2D eigenvalue weighted by molar-refractivity contribution is 5.10. The monoisotopic (exact) mass is 221 g/mol. The lowest BCUT2D eigenvalue weighted by Gasteiger charge is -2.24. The normalized spacial score (nSPS) is 27.2. The molecule has 0 bridgehead atoms. The topological polar surface area (TPSA) is 29.9 Å². The van der Waals surface area contributed by atoms with Crippen molar-refractivity contribution in [2.45, 2.75) is 51.6 Å². The maximum absolute atomic E-state index is 4.26. The second kappa shape index (κ2) is 5.00. The molecule has 1 aliphatic rings. The zero-order valence-electron chi connectivity index (χ0n) is 10.6. The first-order valence-corrected chi connectivity index (χ1v) is 6.45. The summed E-state index contributed by atoms with van der Waals surface area (Å²) in [6.45, 7) is 4.60. The second-order valence-corrected chi connectivity index (χ2v) is 5.09. The van der Waals surface area contributed by atoms with Gasteiger partial charge < -0.3 is 5.32 Å². The van der Waals surface area contributed by atoms with E-state index in [-0.39, 0.29) is 0 Å². The van der Waals surface area contributed by atoms with Crippen LogP contribution < -0.4 is 5.32 Å². The summed E-state index contributed by atoms with van der Waals surface area (Å²) in [4.78, 5) is 0. The fourth-order valence-electron chi connectivity index (χ4n) is 2.72. The van der Waals surface area contributed by atoms with Crippen LogP contribution >= 0.6 is 0 Å². The minimum Gasteiger partial charge on any atom is -0.307 e. The number of rotatable bonds is 4. The Morgan fingerprint density at radius 3 is 2.88 bits per heavy atom. The van der Waals surface area contributed by atoms with Crippen LogP contribution in [0.15, 0.2) is 12.4 Å². The molecule has 1 heterocycles. The molecule has 3 nitrogen and oxygen atoms in total. The molecule has 1 aliphatic carbocycles. The average Bonchev–Trinajstić information content (AvgIpc) is 2.85. The van der Waals surface area contributed by atoms with E-state index in [0.717, 1.165) is 12.3 Å². The predicted octanol–water partition coefficient (Wildman–Crippen LogP) is 2.65. The fraction of sp³-hybridized carbons (Fsp3) is 0.769. The van der Waals surface area contributed by atoms with Gasteiger partial charge in [-0.1, -0.05) is 20.3 Å². The van der Waals surface area contributed by atoms with Gasteiger partial charge in [0.1, 0.15) is 0 Å². The molecule has 16 heavy (non-hydrogen) atoms. The number of nitrogens with one attached hydrogen (secondary N) is 1. The highest BCUT2D eigenvalue weighted by Crippen LogP contribution is 2.28. The van der Waals surface area contributed by atoms with E-state index in [4.69, 9.17) is 0 Å². The summed E-state index contributed by atoms with van der Waals surface area (Å²) in [5.41, 5.74) is 1.32. The van der Waals surface area contributed by atoms with Gasteiger partial charge in [0, 0.05) is 30.9 Å². The zero-order chi connectivity index (χ0) is 11.5. The molecule has 1 N–H and O–H groups in total. The van der Waals surface area contributed by atoms with Gasteiger partial charge in [-0.3, -0.25) is 4.68 Å². The van der Waals surface area contributed by atoms with E-state index < -0.39 is 0 Å². The van der Waals surface area contributed by atoms with Crippen molar-refractivity contribution in [2.75, 3.05) is 0 Å². The average molecular weight is 221 g/mol. The van der Waals surface area contributed by atoms with Crippen LogP contribution in [0.1, 0.15) is 51.1 Å². The molecule has 1 aromatic heterocycles. The molecule has 0 aromatic carbocycles. The molecular formula is C13H23N3. The first-order valence-electron chi connectivity index (χ1n) is 6.45. The van der Waals surface area contributed by atoms with Gasteiger partial charge in [-0.2, -0.15) is 5.10 Å². The third-order valence-electron chi connectivity index (χ3n) is 3.81. The number of aryl methyl sites for hydroxylation is 1. The lowest BCUT2D eigenvalue weighted by Crippen LogP contribution is -2.34. The molecule has 1 saturated carbocycles. The van der Waals surface area contributed by atoms with E-state index in [9.17, 15) is 0 Å². The summed E-state index contributed by atoms with van der Waals surface area (Å²) >= 11 is 0. The van der Waals surface area contributed by atoms with Gasteiger partial charge in [0.15, 0.2) is 0 Å². The Kier molecular flexibility index (Phi) is 3.64. The minimum absolute atomic E-state index is 0.472. The van der Waals surface area contributed by atoms with Crippen molar-refractivity contribution >= 4 is 0 Å². The van der Waals surface area contributed by atoms with E-state index in [1.54, 1.807) is 0 Å². The Hall–Kier alpha value is -0.830. The van der Waals surface area contributed by atoms with E-state index >= 15 is 0 Å². The number of hydrogen-bond acceptors (Lipinski definition) is 2. The van der Waals surface area contributed by atoms with Crippen LogP contribution in [0, 0.1) is 5.92 Å². The van der Waals surface area contributed by atoms with Gasteiger partial charge in [0.25, 0.3) is 0 Å². The Morgan fingerprint density at radius 2 is 2.38 bits per heavy atom. The van der Waals surface area contributed by atoms with E-state index in [1.807, 2.05) is 17.9 Å². The number of nitrogens with zero attached hydrogens (tertiary/aromatic N) is 2. The highest BCUT2D eigenvalue weighted by atomic mass is 15.2. The van der Waals surface area contributed by atoms with Crippen LogP contribution in [-0.4, -0.2) is 15.8 Å². The van der Waals surface area contributed by atoms with Gasteiger partial charge in [-0.05, 0) is 25.2 Å². The molecule has 1 fully saturated rings. The van der Waals surface area contributed by atoms with Crippen LogP contribution in [0.4, 0.5) is 0 Å². The lowest BCUT2D eigenvalue weighted by atomic mass is 10.0. The Morgan fingerprint density at radius 1 is 1.56 bits per heavy atom. The van der Waals surface area contributed by atoms with Crippen molar-refractivity contribution in [3.05, 3.63) is 18.0 Å². The SMILES string of the molecule is CCC(NC1CCCC1C)c1cnn(C)c1. The summed E-state index contributed by atoms with van der Waals surface area (Å²) in [7, 11) is 1.98. The first-order chi connectivity index (χ1) is 7.70. The minimum atomic E-state index is 0.472. The molecular weight excluding hydrogens is 198 g/mol. The molecule has 0 aliphatic heterocycles. The smallest absolute Gasteiger partial charge is 0.0537 e. The lowest BCUT2D eigenvalue weighted by molar-refractivity contribution is 0.369. The molecule has 2 rings (SSSR count). The van der Waals surface area contributed by atoms with Crippen molar-refractivity contribution in [2.24, 2.45) is 13.0 Å². The fourth-order valence-corrected chi connectivity index (χ4v) is 2.72. The van der Waals surface area contributed by atoms with Gasteiger partial charge in [-0.25, -0.2) is 0 Å². The first kappa shape index (κ1) is 11.6. The third kappa shape index (κ3) is 2.46. The Balaban J connectivity index is 2.00. The number of aromatic nitrogens is 2. The maximum atomic E-state index is 4.26. The Labute approximate surface area is 98.2 Å². The van der Waals surface area contributed by atoms with Gasteiger partial charge in [-0.15, -0.1) is 0 Å². The summed E-state index contributed by atoms with van der Waals surface area (Å²) in [6, 6.07) is 1.17. The molecule has 3 atom stereocenters. The Bertz CT molecular complexity index is 332. The molecule has 3 heteroatoms. The summed E-state index contributed by atoms with van der Waals surface area (Å²) in [5, 5.41) is 8.05. The van der Waals surface area contributed by atoms with Crippen LogP contribution in [0.2, 0.25) is 0 Å². The summed E-state index contributed by atoms with van der Waals surface area (Å²) in [5.74, 6) is 0.825. The molecule has 0 spiro atoms. The van der Waals surface area contributed by atoms with Crippen molar-refractivity contribution < 1.29 is 0 Å². The van der Waals surface area contributed by atoms with Crippen molar-refractivity contribution in [3.63, 3.8) is 0 Å². The molecule has 0 saturated heterocycles. The highest BCUT2D eigenvalue weighted by Gasteiger charge is 2.25. The quantitative estimate of drug-likeness (QED) is 0.847. The van der Waals surface area contributed by atoms with Crippen LogP contribution in [-0.2, 0) is 7.05 Å².